The summed E-state index contributed by atoms with van der Waals surface area (Å²) >= 11 is 0. The second-order valence-electron chi connectivity index (χ2n) is 8.25. The number of nitrogens with zero attached hydrogens (tertiary/aromatic N) is 1. The second-order valence-corrected chi connectivity index (χ2v) is 8.25. The van der Waals surface area contributed by atoms with E-state index in [0.29, 0.717) is 38.9 Å². The monoisotopic (exact) mass is 410 g/mol. The predicted molar refractivity (Wildman–Crippen MR) is 119 cm³/mol. The van der Waals surface area contributed by atoms with E-state index in [4.69, 9.17) is 4.74 Å². The number of benzene rings is 1. The van der Waals surface area contributed by atoms with E-state index in [1.165, 1.54) is 5.57 Å². The fourth-order valence-corrected chi connectivity index (χ4v) is 4.46. The molecular weight excluding hydrogens is 376 g/mol. The Labute approximate surface area is 180 Å². The van der Waals surface area contributed by atoms with Gasteiger partial charge in [0.25, 0.3) is 0 Å². The van der Waals surface area contributed by atoms with E-state index >= 15 is 0 Å². The highest BCUT2D eigenvalue weighted by molar-refractivity contribution is 5.89. The van der Waals surface area contributed by atoms with Gasteiger partial charge in [0.15, 0.2) is 0 Å². The minimum Gasteiger partial charge on any atom is -0.501 e. The Balaban J connectivity index is 1.65. The van der Waals surface area contributed by atoms with E-state index in [1.807, 2.05) is 48.2 Å². The number of allylic oxidation sites excluding steroid dienone is 3. The van der Waals surface area contributed by atoms with Gasteiger partial charge in [-0.1, -0.05) is 48.9 Å². The Morgan fingerprint density at radius 2 is 1.83 bits per heavy atom. The Bertz CT molecular complexity index is 790. The molecule has 1 aliphatic carbocycles. The van der Waals surface area contributed by atoms with Crippen LogP contribution < -0.4 is 5.32 Å². The van der Waals surface area contributed by atoms with Crippen LogP contribution in [0.2, 0.25) is 0 Å². The molecule has 162 valence electrons. The fourth-order valence-electron chi connectivity index (χ4n) is 4.46. The molecule has 3 rings (SSSR count). The summed E-state index contributed by atoms with van der Waals surface area (Å²) in [5.74, 6) is 1.29. The number of nitrogens with one attached hydrogen (secondary N) is 1. The van der Waals surface area contributed by atoms with Crippen molar-refractivity contribution >= 4 is 11.8 Å². The minimum absolute atomic E-state index is 0.0841. The summed E-state index contributed by atoms with van der Waals surface area (Å²) in [4.78, 5) is 27.6. The van der Waals surface area contributed by atoms with Gasteiger partial charge in [-0.25, -0.2) is 0 Å². The van der Waals surface area contributed by atoms with Crippen LogP contribution in [0.3, 0.4) is 0 Å². The third kappa shape index (κ3) is 5.13. The average molecular weight is 411 g/mol. The van der Waals surface area contributed by atoms with Crippen LogP contribution in [0.1, 0.15) is 57.4 Å². The Morgan fingerprint density at radius 3 is 2.43 bits per heavy atom. The van der Waals surface area contributed by atoms with Crippen molar-refractivity contribution in [2.24, 2.45) is 0 Å². The lowest BCUT2D eigenvalue weighted by atomic mass is 9.72. The number of rotatable bonds is 8. The highest BCUT2D eigenvalue weighted by Crippen LogP contribution is 2.36. The van der Waals surface area contributed by atoms with Crippen molar-refractivity contribution in [2.45, 2.75) is 57.3 Å². The lowest BCUT2D eigenvalue weighted by molar-refractivity contribution is -0.137. The number of carbonyl (C=O) groups is 2. The molecule has 1 fully saturated rings. The van der Waals surface area contributed by atoms with E-state index in [-0.39, 0.29) is 11.8 Å². The molecule has 2 amide bonds. The summed E-state index contributed by atoms with van der Waals surface area (Å²) in [5.41, 5.74) is 1.83. The van der Waals surface area contributed by atoms with Crippen molar-refractivity contribution in [1.82, 2.24) is 10.2 Å². The van der Waals surface area contributed by atoms with Crippen molar-refractivity contribution in [2.75, 3.05) is 26.7 Å². The Morgan fingerprint density at radius 1 is 1.10 bits per heavy atom. The van der Waals surface area contributed by atoms with E-state index in [1.54, 1.807) is 7.11 Å². The van der Waals surface area contributed by atoms with Gasteiger partial charge in [0.2, 0.25) is 11.8 Å². The van der Waals surface area contributed by atoms with Crippen molar-refractivity contribution in [3.63, 3.8) is 0 Å². The zero-order chi connectivity index (χ0) is 21.4. The van der Waals surface area contributed by atoms with Gasteiger partial charge < -0.3 is 15.0 Å². The number of hydrogen-bond acceptors (Lipinski definition) is 3. The molecule has 1 saturated heterocycles. The van der Waals surface area contributed by atoms with E-state index in [0.717, 1.165) is 37.0 Å². The van der Waals surface area contributed by atoms with Crippen LogP contribution in [0.4, 0.5) is 0 Å². The topological polar surface area (TPSA) is 58.6 Å². The lowest BCUT2D eigenvalue weighted by Crippen LogP contribution is -2.53. The third-order valence-corrected chi connectivity index (χ3v) is 6.39. The number of likely N-dealkylation sites (tertiary alicyclic amines) is 1. The maximum absolute atomic E-state index is 13.4. The van der Waals surface area contributed by atoms with Crippen LogP contribution in [0, 0.1) is 0 Å². The molecule has 2 aliphatic rings. The quantitative estimate of drug-likeness (QED) is 0.702. The normalized spacial score (nSPS) is 18.3. The third-order valence-electron chi connectivity index (χ3n) is 6.39. The first-order chi connectivity index (χ1) is 14.6. The molecule has 5 nitrogen and oxygen atoms in total. The molecule has 1 heterocycles. The molecule has 5 heteroatoms. The summed E-state index contributed by atoms with van der Waals surface area (Å²) in [7, 11) is 1.70. The van der Waals surface area contributed by atoms with E-state index < -0.39 is 5.41 Å². The Hall–Kier alpha value is -2.56. The van der Waals surface area contributed by atoms with Gasteiger partial charge in [0.1, 0.15) is 0 Å². The molecule has 0 bridgehead atoms. The van der Waals surface area contributed by atoms with Gasteiger partial charge in [0.05, 0.1) is 18.3 Å². The highest BCUT2D eigenvalue weighted by atomic mass is 16.5. The summed E-state index contributed by atoms with van der Waals surface area (Å²) in [6, 6.07) is 10.1. The maximum atomic E-state index is 13.4. The smallest absolute Gasteiger partial charge is 0.230 e. The molecule has 1 aliphatic heterocycles. The highest BCUT2D eigenvalue weighted by Gasteiger charge is 2.43. The zero-order valence-electron chi connectivity index (χ0n) is 18.3. The summed E-state index contributed by atoms with van der Waals surface area (Å²) in [5, 5.41) is 3.20. The van der Waals surface area contributed by atoms with Gasteiger partial charge in [0, 0.05) is 32.5 Å². The number of ether oxygens (including phenoxy) is 1. The molecule has 1 aromatic carbocycles. The number of piperidine rings is 1. The lowest BCUT2D eigenvalue weighted by Gasteiger charge is -2.41. The molecule has 0 aromatic heterocycles. The first-order valence-corrected chi connectivity index (χ1v) is 11.1. The molecule has 0 atom stereocenters. The van der Waals surface area contributed by atoms with Gasteiger partial charge >= 0.3 is 0 Å². The number of amides is 2. The number of methoxy groups -OCH3 is 1. The van der Waals surface area contributed by atoms with E-state index in [2.05, 4.69) is 11.4 Å². The van der Waals surface area contributed by atoms with Crippen molar-refractivity contribution in [3.8, 4) is 0 Å². The molecule has 30 heavy (non-hydrogen) atoms. The molecule has 1 aromatic rings. The summed E-state index contributed by atoms with van der Waals surface area (Å²) < 4.78 is 5.28. The SMILES string of the molecule is CCCC(=O)N1CCC(C(=O)NCCC2=CC=C(OC)CC2)(c2ccccc2)CC1. The van der Waals surface area contributed by atoms with Crippen LogP contribution >= 0.6 is 0 Å². The fraction of sp³-hybridized carbons (Fsp3) is 0.520. The number of carbonyl (C=O) groups excluding carboxylic acids is 2. The molecule has 1 N–H and O–H groups in total. The zero-order valence-corrected chi connectivity index (χ0v) is 18.3. The van der Waals surface area contributed by atoms with Crippen LogP contribution in [0.5, 0.6) is 0 Å². The van der Waals surface area contributed by atoms with Gasteiger partial charge in [-0.3, -0.25) is 9.59 Å². The van der Waals surface area contributed by atoms with Crippen molar-refractivity contribution in [1.29, 1.82) is 0 Å². The predicted octanol–water partition coefficient (Wildman–Crippen LogP) is 4.10. The van der Waals surface area contributed by atoms with Crippen LogP contribution in [-0.4, -0.2) is 43.5 Å². The minimum atomic E-state index is -0.561. The first-order valence-electron chi connectivity index (χ1n) is 11.1. The number of hydrogen-bond donors (Lipinski definition) is 1. The van der Waals surface area contributed by atoms with Gasteiger partial charge in [-0.15, -0.1) is 0 Å². The van der Waals surface area contributed by atoms with Crippen molar-refractivity contribution in [3.05, 3.63) is 59.4 Å². The average Bonchev–Trinajstić information content (AvgIpc) is 2.80. The second kappa shape index (κ2) is 10.5. The standard InChI is InChI=1S/C25H34N2O3/c1-3-7-23(28)27-18-15-25(16-19-27,21-8-5-4-6-9-21)24(29)26-17-14-20-10-12-22(30-2)13-11-20/h4-6,8-10,12H,3,7,11,13-19H2,1-2H3,(H,26,29). The van der Waals surface area contributed by atoms with Gasteiger partial charge in [-0.2, -0.15) is 0 Å². The molecule has 0 spiro atoms. The molecule has 0 unspecified atom stereocenters. The van der Waals surface area contributed by atoms with E-state index in [9.17, 15) is 9.59 Å². The molecular formula is C25H34N2O3. The largest absolute Gasteiger partial charge is 0.501 e. The maximum Gasteiger partial charge on any atom is 0.230 e. The van der Waals surface area contributed by atoms with Crippen LogP contribution in [-0.2, 0) is 19.7 Å². The molecule has 0 radical (unpaired) electrons. The first kappa shape index (κ1) is 22.1. The van der Waals surface area contributed by atoms with Crippen LogP contribution in [0.15, 0.2) is 53.8 Å². The Kier molecular flexibility index (Phi) is 7.72. The van der Waals surface area contributed by atoms with Crippen molar-refractivity contribution < 1.29 is 14.3 Å². The molecule has 0 saturated carbocycles. The van der Waals surface area contributed by atoms with Crippen LogP contribution in [0.25, 0.3) is 0 Å². The summed E-state index contributed by atoms with van der Waals surface area (Å²) in [6.45, 7) is 3.93. The summed E-state index contributed by atoms with van der Waals surface area (Å²) in [6.07, 6.45) is 9.66. The van der Waals surface area contributed by atoms with Gasteiger partial charge in [-0.05, 0) is 43.7 Å².